The van der Waals surface area contributed by atoms with Crippen LogP contribution in [0.1, 0.15) is 11.1 Å². The second kappa shape index (κ2) is 9.31. The number of aromatic nitrogens is 3. The highest BCUT2D eigenvalue weighted by molar-refractivity contribution is 7.99. The van der Waals surface area contributed by atoms with Crippen LogP contribution in [0.15, 0.2) is 76.7 Å². The Kier molecular flexibility index (Phi) is 6.05. The molecule has 0 unspecified atom stereocenters. The number of hydrogen-bond acceptors (Lipinski definition) is 5. The lowest BCUT2D eigenvalue weighted by molar-refractivity contribution is -0.113. The van der Waals surface area contributed by atoms with Gasteiger partial charge in [-0.25, -0.2) is 4.98 Å². The topological polar surface area (TPSA) is 89.0 Å². The predicted octanol–water partition coefficient (Wildman–Crippen LogP) is 5.22. The maximum Gasteiger partial charge on any atom is 0.283 e. The summed E-state index contributed by atoms with van der Waals surface area (Å²) >= 11 is 1.22. The largest absolute Gasteiger partial charge is 0.495 e. The molecule has 0 spiro atoms. The lowest BCUT2D eigenvalue weighted by atomic mass is 10.1. The highest BCUT2D eigenvalue weighted by Crippen LogP contribution is 2.28. The van der Waals surface area contributed by atoms with Crippen molar-refractivity contribution in [1.82, 2.24) is 14.5 Å². The molecule has 0 aliphatic rings. The molecule has 2 heterocycles. The van der Waals surface area contributed by atoms with E-state index >= 15 is 0 Å². The number of nitrogens with zero attached hydrogens (tertiary/aromatic N) is 2. The molecule has 8 heteroatoms. The standard InChI is InChI=1S/C27H24N4O3S/c1-16-9-8-13-21(17(16)2)31-26(33)25-24(18-10-4-5-11-19(18)29-25)30-27(31)35-15-23(32)28-20-12-6-7-14-22(20)34-3/h4-14,29H,15H2,1-3H3,(H,28,32). The molecule has 35 heavy (non-hydrogen) atoms. The van der Waals surface area contributed by atoms with Gasteiger partial charge in [0.15, 0.2) is 5.16 Å². The summed E-state index contributed by atoms with van der Waals surface area (Å²) < 4.78 is 6.92. The highest BCUT2D eigenvalue weighted by Gasteiger charge is 2.19. The summed E-state index contributed by atoms with van der Waals surface area (Å²) in [6.45, 7) is 3.99. The van der Waals surface area contributed by atoms with Crippen molar-refractivity contribution >= 4 is 45.3 Å². The van der Waals surface area contributed by atoms with Gasteiger partial charge in [0.2, 0.25) is 5.91 Å². The molecule has 2 aromatic heterocycles. The Labute approximate surface area is 206 Å². The van der Waals surface area contributed by atoms with Gasteiger partial charge in [0.25, 0.3) is 5.56 Å². The molecular formula is C27H24N4O3S. The second-order valence-corrected chi connectivity index (χ2v) is 9.13. The van der Waals surface area contributed by atoms with Gasteiger partial charge in [0, 0.05) is 10.9 Å². The molecule has 1 amide bonds. The number of H-pyrrole nitrogens is 1. The Morgan fingerprint density at radius 3 is 2.66 bits per heavy atom. The maximum atomic E-state index is 13.8. The van der Waals surface area contributed by atoms with E-state index in [0.29, 0.717) is 27.6 Å². The van der Waals surface area contributed by atoms with Crippen molar-refractivity contribution in [2.45, 2.75) is 19.0 Å². The van der Waals surface area contributed by atoms with Crippen LogP contribution in [0, 0.1) is 13.8 Å². The lowest BCUT2D eigenvalue weighted by Crippen LogP contribution is -2.23. The minimum absolute atomic E-state index is 0.0726. The van der Waals surface area contributed by atoms with Crippen molar-refractivity contribution < 1.29 is 9.53 Å². The Morgan fingerprint density at radius 1 is 1.06 bits per heavy atom. The van der Waals surface area contributed by atoms with Crippen molar-refractivity contribution in [3.63, 3.8) is 0 Å². The number of hydrogen-bond donors (Lipinski definition) is 2. The van der Waals surface area contributed by atoms with E-state index in [2.05, 4.69) is 10.3 Å². The maximum absolute atomic E-state index is 13.8. The van der Waals surface area contributed by atoms with Crippen molar-refractivity contribution in [1.29, 1.82) is 0 Å². The van der Waals surface area contributed by atoms with E-state index in [-0.39, 0.29) is 17.2 Å². The number of rotatable bonds is 6. The predicted molar refractivity (Wildman–Crippen MR) is 141 cm³/mol. The van der Waals surface area contributed by atoms with E-state index in [0.717, 1.165) is 27.7 Å². The normalized spacial score (nSPS) is 11.2. The van der Waals surface area contributed by atoms with Gasteiger partial charge < -0.3 is 15.0 Å². The lowest BCUT2D eigenvalue weighted by Gasteiger charge is -2.15. The zero-order valence-corrected chi connectivity index (χ0v) is 20.4. The average Bonchev–Trinajstić information content (AvgIpc) is 3.24. The Hall–Kier alpha value is -4.04. The van der Waals surface area contributed by atoms with E-state index < -0.39 is 0 Å². The molecule has 0 fully saturated rings. The molecule has 0 saturated heterocycles. The number of anilines is 1. The van der Waals surface area contributed by atoms with Crippen LogP contribution < -0.4 is 15.6 Å². The first kappa shape index (κ1) is 22.7. The second-order valence-electron chi connectivity index (χ2n) is 8.19. The number of fused-ring (bicyclic) bond motifs is 3. The fourth-order valence-corrected chi connectivity index (χ4v) is 4.89. The molecule has 0 saturated carbocycles. The van der Waals surface area contributed by atoms with Crippen LogP contribution >= 0.6 is 11.8 Å². The molecular weight excluding hydrogens is 460 g/mol. The van der Waals surface area contributed by atoms with Crippen molar-refractivity contribution in [2.24, 2.45) is 0 Å². The number of aromatic amines is 1. The Morgan fingerprint density at radius 2 is 1.83 bits per heavy atom. The van der Waals surface area contributed by atoms with Gasteiger partial charge >= 0.3 is 0 Å². The first-order valence-corrected chi connectivity index (χ1v) is 12.1. The fourth-order valence-electron chi connectivity index (χ4n) is 4.09. The molecule has 0 atom stereocenters. The Balaban J connectivity index is 1.59. The quantitative estimate of drug-likeness (QED) is 0.255. The monoisotopic (exact) mass is 484 g/mol. The van der Waals surface area contributed by atoms with E-state index in [4.69, 9.17) is 9.72 Å². The minimum Gasteiger partial charge on any atom is -0.495 e. The summed E-state index contributed by atoms with van der Waals surface area (Å²) in [6, 6.07) is 20.8. The third-order valence-electron chi connectivity index (χ3n) is 6.02. The zero-order valence-electron chi connectivity index (χ0n) is 19.6. The summed E-state index contributed by atoms with van der Waals surface area (Å²) in [4.78, 5) is 34.7. The molecule has 0 bridgehead atoms. The number of methoxy groups -OCH3 is 1. The van der Waals surface area contributed by atoms with Crippen LogP contribution in [0.3, 0.4) is 0 Å². The van der Waals surface area contributed by atoms with Gasteiger partial charge in [0.1, 0.15) is 16.8 Å². The van der Waals surface area contributed by atoms with Gasteiger partial charge in [-0.05, 0) is 49.2 Å². The van der Waals surface area contributed by atoms with E-state index in [1.165, 1.54) is 11.8 Å². The SMILES string of the molecule is COc1ccccc1NC(=O)CSc1nc2c([nH]c3ccccc32)c(=O)n1-c1cccc(C)c1C. The molecule has 0 aliphatic carbocycles. The molecule has 5 rings (SSSR count). The third kappa shape index (κ3) is 4.17. The first-order chi connectivity index (χ1) is 17.0. The number of nitrogens with one attached hydrogen (secondary N) is 2. The number of benzene rings is 3. The Bertz CT molecular complexity index is 1640. The summed E-state index contributed by atoms with van der Waals surface area (Å²) in [6.07, 6.45) is 0. The van der Waals surface area contributed by atoms with Crippen LogP contribution in [0.25, 0.3) is 27.6 Å². The highest BCUT2D eigenvalue weighted by atomic mass is 32.2. The first-order valence-electron chi connectivity index (χ1n) is 11.1. The zero-order chi connectivity index (χ0) is 24.5. The number of ether oxygens (including phenoxy) is 1. The number of carbonyl (C=O) groups excluding carboxylic acids is 1. The van der Waals surface area contributed by atoms with Crippen molar-refractivity contribution in [3.05, 3.63) is 88.2 Å². The van der Waals surface area contributed by atoms with Gasteiger partial charge in [-0.1, -0.05) is 54.2 Å². The molecule has 7 nitrogen and oxygen atoms in total. The van der Waals surface area contributed by atoms with Crippen LogP contribution in [0.2, 0.25) is 0 Å². The molecule has 0 radical (unpaired) electrons. The van der Waals surface area contributed by atoms with Gasteiger partial charge in [0.05, 0.1) is 24.2 Å². The number of aryl methyl sites for hydroxylation is 1. The molecule has 0 aliphatic heterocycles. The van der Waals surface area contributed by atoms with Crippen molar-refractivity contribution in [3.8, 4) is 11.4 Å². The van der Waals surface area contributed by atoms with E-state index in [1.807, 2.05) is 68.4 Å². The smallest absolute Gasteiger partial charge is 0.283 e. The van der Waals surface area contributed by atoms with Crippen molar-refractivity contribution in [2.75, 3.05) is 18.2 Å². The van der Waals surface area contributed by atoms with Gasteiger partial charge in [-0.2, -0.15) is 0 Å². The van der Waals surface area contributed by atoms with E-state index in [9.17, 15) is 9.59 Å². The number of carbonyl (C=O) groups is 1. The molecule has 176 valence electrons. The van der Waals surface area contributed by atoms with Crippen LogP contribution in [0.5, 0.6) is 5.75 Å². The van der Waals surface area contributed by atoms with E-state index in [1.54, 1.807) is 23.8 Å². The average molecular weight is 485 g/mol. The van der Waals surface area contributed by atoms with Crippen LogP contribution in [-0.4, -0.2) is 33.3 Å². The third-order valence-corrected chi connectivity index (χ3v) is 6.96. The van der Waals surface area contributed by atoms with Crippen LogP contribution in [-0.2, 0) is 4.79 Å². The fraction of sp³-hybridized carbons (Fsp3) is 0.148. The summed E-state index contributed by atoms with van der Waals surface area (Å²) in [5.74, 6) is 0.431. The number of para-hydroxylation sites is 3. The summed E-state index contributed by atoms with van der Waals surface area (Å²) in [5, 5.41) is 4.21. The number of thioether (sulfide) groups is 1. The molecule has 2 N–H and O–H groups in total. The molecule has 5 aromatic rings. The number of amides is 1. The van der Waals surface area contributed by atoms with Crippen LogP contribution in [0.4, 0.5) is 5.69 Å². The minimum atomic E-state index is -0.222. The van der Waals surface area contributed by atoms with Gasteiger partial charge in [-0.3, -0.25) is 14.2 Å². The summed E-state index contributed by atoms with van der Waals surface area (Å²) in [5.41, 5.74) is 5.06. The van der Waals surface area contributed by atoms with Gasteiger partial charge in [-0.15, -0.1) is 0 Å². The molecule has 3 aromatic carbocycles. The summed E-state index contributed by atoms with van der Waals surface area (Å²) in [7, 11) is 1.56.